The number of carbonyl (C=O) groups is 1. The second-order valence-corrected chi connectivity index (χ2v) is 5.26. The molecule has 2 N–H and O–H groups in total. The lowest BCUT2D eigenvalue weighted by Crippen LogP contribution is -2.14. The molecule has 120 valence electrons. The number of amides is 1. The summed E-state index contributed by atoms with van der Waals surface area (Å²) < 4.78 is 12.8. The summed E-state index contributed by atoms with van der Waals surface area (Å²) in [4.78, 5) is 20.3. The summed E-state index contributed by atoms with van der Waals surface area (Å²) in [5.41, 5.74) is 1.31. The second kappa shape index (κ2) is 7.06. The molecule has 1 amide bonds. The van der Waals surface area contributed by atoms with Crippen LogP contribution in [0.25, 0.3) is 0 Å². The zero-order chi connectivity index (χ0) is 16.9. The Hall–Kier alpha value is -2.99. The van der Waals surface area contributed by atoms with Crippen molar-refractivity contribution in [3.8, 4) is 0 Å². The summed E-state index contributed by atoms with van der Waals surface area (Å²) in [7, 11) is 0. The van der Waals surface area contributed by atoms with Crippen LogP contribution in [0.3, 0.4) is 0 Å². The molecule has 7 heteroatoms. The Kier molecular flexibility index (Phi) is 4.67. The number of para-hydroxylation sites is 1. The molecule has 0 aliphatic rings. The first kappa shape index (κ1) is 15.9. The van der Waals surface area contributed by atoms with Gasteiger partial charge in [0.25, 0.3) is 5.91 Å². The molecule has 1 heterocycles. The number of rotatable bonds is 4. The predicted molar refractivity (Wildman–Crippen MR) is 91.1 cm³/mol. The van der Waals surface area contributed by atoms with Crippen LogP contribution in [0, 0.1) is 5.82 Å². The summed E-state index contributed by atoms with van der Waals surface area (Å²) in [5, 5.41) is 6.18. The Labute approximate surface area is 142 Å². The number of nitrogens with one attached hydrogen (secondary N) is 2. The van der Waals surface area contributed by atoms with Gasteiger partial charge in [-0.1, -0.05) is 23.7 Å². The third-order valence-electron chi connectivity index (χ3n) is 3.12. The molecular weight excluding hydrogens is 331 g/mol. The molecule has 3 rings (SSSR count). The smallest absolute Gasteiger partial charge is 0.275 e. The molecule has 0 aliphatic carbocycles. The fourth-order valence-corrected chi connectivity index (χ4v) is 2.12. The molecule has 5 nitrogen and oxygen atoms in total. The van der Waals surface area contributed by atoms with Gasteiger partial charge < -0.3 is 10.6 Å². The van der Waals surface area contributed by atoms with Crippen LogP contribution in [-0.2, 0) is 0 Å². The highest BCUT2D eigenvalue weighted by molar-refractivity contribution is 6.33. The minimum atomic E-state index is -0.432. The number of aromatic nitrogens is 2. The molecule has 2 aromatic carbocycles. The summed E-state index contributed by atoms with van der Waals surface area (Å²) in [6, 6.07) is 12.7. The van der Waals surface area contributed by atoms with Gasteiger partial charge in [0.1, 0.15) is 17.3 Å². The Bertz CT molecular complexity index is 853. The van der Waals surface area contributed by atoms with Gasteiger partial charge in [0.15, 0.2) is 0 Å². The van der Waals surface area contributed by atoms with E-state index < -0.39 is 5.91 Å². The van der Waals surface area contributed by atoms with E-state index in [1.807, 2.05) is 12.1 Å². The van der Waals surface area contributed by atoms with E-state index in [1.165, 1.54) is 36.7 Å². The highest BCUT2D eigenvalue weighted by atomic mass is 35.5. The van der Waals surface area contributed by atoms with Crippen LogP contribution >= 0.6 is 11.6 Å². The molecule has 0 fully saturated rings. The van der Waals surface area contributed by atoms with Crippen LogP contribution in [-0.4, -0.2) is 15.9 Å². The minimum Gasteiger partial charge on any atom is -0.338 e. The third kappa shape index (κ3) is 3.85. The molecule has 24 heavy (non-hydrogen) atoms. The number of carbonyl (C=O) groups excluding carboxylic acids is 1. The van der Waals surface area contributed by atoms with Gasteiger partial charge >= 0.3 is 0 Å². The number of nitrogens with zero attached hydrogens (tertiary/aromatic N) is 2. The summed E-state index contributed by atoms with van der Waals surface area (Å²) in [5.74, 6) is -0.345. The van der Waals surface area contributed by atoms with Crippen molar-refractivity contribution in [3.63, 3.8) is 0 Å². The maximum Gasteiger partial charge on any atom is 0.275 e. The van der Waals surface area contributed by atoms with Gasteiger partial charge in [0.05, 0.1) is 23.1 Å². The minimum absolute atomic E-state index is 0.143. The van der Waals surface area contributed by atoms with Crippen molar-refractivity contribution in [1.82, 2.24) is 9.97 Å². The molecule has 3 aromatic rings. The fraction of sp³-hybridized carbons (Fsp3) is 0. The van der Waals surface area contributed by atoms with Gasteiger partial charge in [0, 0.05) is 5.69 Å². The molecule has 0 saturated heterocycles. The Balaban J connectivity index is 1.68. The molecule has 0 bridgehead atoms. The molecular formula is C17H12ClFN4O. The summed E-state index contributed by atoms with van der Waals surface area (Å²) in [6.45, 7) is 0. The monoisotopic (exact) mass is 342 g/mol. The standard InChI is InChI=1S/C17H12ClFN4O/c18-13-3-1-2-4-14(13)23-16-10-20-15(9-21-16)17(24)22-12-7-5-11(19)6-8-12/h1-10H,(H,21,23)(H,22,24). The van der Waals surface area contributed by atoms with Crippen LogP contribution < -0.4 is 10.6 Å². The number of halogens is 2. The average Bonchev–Trinajstić information content (AvgIpc) is 2.59. The largest absolute Gasteiger partial charge is 0.338 e. The number of hydrogen-bond acceptors (Lipinski definition) is 4. The van der Waals surface area contributed by atoms with Gasteiger partial charge in [-0.05, 0) is 36.4 Å². The third-order valence-corrected chi connectivity index (χ3v) is 3.45. The Morgan fingerprint density at radius 3 is 2.42 bits per heavy atom. The molecule has 0 aliphatic heterocycles. The maximum absolute atomic E-state index is 12.8. The molecule has 0 atom stereocenters. The summed E-state index contributed by atoms with van der Waals surface area (Å²) >= 11 is 6.06. The van der Waals surface area contributed by atoms with E-state index in [9.17, 15) is 9.18 Å². The highest BCUT2D eigenvalue weighted by Crippen LogP contribution is 2.23. The number of benzene rings is 2. The van der Waals surface area contributed by atoms with Crippen molar-refractivity contribution < 1.29 is 9.18 Å². The second-order valence-electron chi connectivity index (χ2n) is 4.85. The lowest BCUT2D eigenvalue weighted by molar-refractivity contribution is 0.102. The number of hydrogen-bond donors (Lipinski definition) is 2. The van der Waals surface area contributed by atoms with Crippen LogP contribution in [0.15, 0.2) is 60.9 Å². The van der Waals surface area contributed by atoms with Gasteiger partial charge in [-0.2, -0.15) is 0 Å². The zero-order valence-corrected chi connectivity index (χ0v) is 13.1. The molecule has 1 aromatic heterocycles. The van der Waals surface area contributed by atoms with Crippen LogP contribution in [0.4, 0.5) is 21.6 Å². The van der Waals surface area contributed by atoms with E-state index in [2.05, 4.69) is 20.6 Å². The van der Waals surface area contributed by atoms with Crippen molar-refractivity contribution in [2.75, 3.05) is 10.6 Å². The van der Waals surface area contributed by atoms with E-state index in [-0.39, 0.29) is 11.5 Å². The van der Waals surface area contributed by atoms with Crippen molar-refractivity contribution >= 4 is 34.7 Å². The first-order chi connectivity index (χ1) is 11.6. The topological polar surface area (TPSA) is 66.9 Å². The quantitative estimate of drug-likeness (QED) is 0.743. The van der Waals surface area contributed by atoms with E-state index in [1.54, 1.807) is 12.1 Å². The van der Waals surface area contributed by atoms with Crippen molar-refractivity contribution in [2.45, 2.75) is 0 Å². The fourth-order valence-electron chi connectivity index (χ4n) is 1.94. The Morgan fingerprint density at radius 1 is 1.00 bits per heavy atom. The molecule has 0 radical (unpaired) electrons. The van der Waals surface area contributed by atoms with Crippen molar-refractivity contribution in [2.24, 2.45) is 0 Å². The first-order valence-corrected chi connectivity index (χ1v) is 7.40. The predicted octanol–water partition coefficient (Wildman–Crippen LogP) is 4.27. The Morgan fingerprint density at radius 2 is 1.75 bits per heavy atom. The van der Waals surface area contributed by atoms with E-state index in [4.69, 9.17) is 11.6 Å². The SMILES string of the molecule is O=C(Nc1ccc(F)cc1)c1cnc(Nc2ccccc2Cl)cn1. The van der Waals surface area contributed by atoms with Crippen LogP contribution in [0.2, 0.25) is 5.02 Å². The number of anilines is 3. The van der Waals surface area contributed by atoms with Gasteiger partial charge in [-0.25, -0.2) is 14.4 Å². The highest BCUT2D eigenvalue weighted by Gasteiger charge is 2.09. The lowest BCUT2D eigenvalue weighted by atomic mass is 10.3. The normalized spacial score (nSPS) is 10.2. The van der Waals surface area contributed by atoms with Gasteiger partial charge in [0.2, 0.25) is 0 Å². The van der Waals surface area contributed by atoms with Crippen molar-refractivity contribution in [1.29, 1.82) is 0 Å². The molecule has 0 spiro atoms. The van der Waals surface area contributed by atoms with Gasteiger partial charge in [-0.3, -0.25) is 4.79 Å². The van der Waals surface area contributed by atoms with E-state index in [0.717, 1.165) is 0 Å². The zero-order valence-electron chi connectivity index (χ0n) is 12.3. The average molecular weight is 343 g/mol. The van der Waals surface area contributed by atoms with Crippen LogP contribution in [0.5, 0.6) is 0 Å². The van der Waals surface area contributed by atoms with Gasteiger partial charge in [-0.15, -0.1) is 0 Å². The van der Waals surface area contributed by atoms with Crippen molar-refractivity contribution in [3.05, 3.63) is 77.5 Å². The maximum atomic E-state index is 12.8. The first-order valence-electron chi connectivity index (χ1n) is 7.02. The van der Waals surface area contributed by atoms with Crippen LogP contribution in [0.1, 0.15) is 10.5 Å². The summed E-state index contributed by atoms with van der Waals surface area (Å²) in [6.07, 6.45) is 2.78. The lowest BCUT2D eigenvalue weighted by Gasteiger charge is -2.08. The molecule has 0 saturated carbocycles. The van der Waals surface area contributed by atoms with E-state index >= 15 is 0 Å². The molecule has 0 unspecified atom stereocenters. The van der Waals surface area contributed by atoms with E-state index in [0.29, 0.717) is 22.2 Å².